The summed E-state index contributed by atoms with van der Waals surface area (Å²) in [5, 5.41) is -0.939. The smallest absolute Gasteiger partial charge is 0.322 e. The SMILES string of the molecule is CN(C)O[Si](C(F)(F)C(F)(F)F)(C(F)(F)C(F)(F)F)C(F)(F)C(F)(F)F. The van der Waals surface area contributed by atoms with Gasteiger partial charge >= 0.3 is 43.5 Å². The van der Waals surface area contributed by atoms with Crippen LogP contribution in [0.15, 0.2) is 0 Å². The average Bonchev–Trinajstić information content (AvgIpc) is 2.30. The number of hydrogen-bond acceptors (Lipinski definition) is 2. The van der Waals surface area contributed by atoms with Crippen LogP contribution < -0.4 is 0 Å². The third kappa shape index (κ3) is 3.34. The molecular weight excluding hydrogens is 439 g/mol. The van der Waals surface area contributed by atoms with Crippen LogP contribution in [0.5, 0.6) is 0 Å². The standard InChI is InChI=1S/C8H6F15NOSi/c1-24(2)25-26(6(18,19)3(9,10)11,7(20,21)4(12,13)14)8(22,23)5(15,16)17/h1-2H3. The minimum Gasteiger partial charge on any atom is -0.322 e. The monoisotopic (exact) mass is 445 g/mol. The molecule has 0 heterocycles. The molecule has 0 spiro atoms. The zero-order valence-corrected chi connectivity index (χ0v) is 13.0. The van der Waals surface area contributed by atoms with E-state index in [1.165, 1.54) is 0 Å². The van der Waals surface area contributed by atoms with Crippen LogP contribution in [0.3, 0.4) is 0 Å². The molecule has 0 rings (SSSR count). The van der Waals surface area contributed by atoms with Gasteiger partial charge in [-0.3, -0.25) is 0 Å². The van der Waals surface area contributed by atoms with Crippen molar-refractivity contribution in [3.8, 4) is 0 Å². The van der Waals surface area contributed by atoms with Gasteiger partial charge in [-0.05, 0) is 0 Å². The van der Waals surface area contributed by atoms with E-state index in [9.17, 15) is 65.9 Å². The van der Waals surface area contributed by atoms with Crippen LogP contribution in [-0.4, -0.2) is 62.6 Å². The van der Waals surface area contributed by atoms with E-state index in [-0.39, 0.29) is 14.1 Å². The maximum Gasteiger partial charge on any atom is 0.480 e. The minimum absolute atomic E-state index is 0.0346. The molecule has 158 valence electrons. The molecule has 0 radical (unpaired) electrons. The molecular formula is C8H6F15NOSi. The molecule has 0 aromatic carbocycles. The average molecular weight is 445 g/mol. The van der Waals surface area contributed by atoms with Gasteiger partial charge in [-0.15, -0.1) is 0 Å². The third-order valence-electron chi connectivity index (χ3n) is 2.71. The van der Waals surface area contributed by atoms with E-state index in [0.29, 0.717) is 0 Å². The molecule has 0 unspecified atom stereocenters. The molecule has 0 saturated heterocycles. The van der Waals surface area contributed by atoms with Gasteiger partial charge in [-0.25, -0.2) is 5.06 Å². The summed E-state index contributed by atoms with van der Waals surface area (Å²) in [4.78, 5) is 0. The number of hydrogen-bond donors (Lipinski definition) is 0. The Labute approximate surface area is 134 Å². The summed E-state index contributed by atoms with van der Waals surface area (Å²) in [7, 11) is -9.97. The van der Waals surface area contributed by atoms with Crippen LogP contribution >= 0.6 is 0 Å². The molecule has 0 N–H and O–H groups in total. The third-order valence-corrected chi connectivity index (χ3v) is 6.86. The maximum atomic E-state index is 13.5. The molecule has 0 aromatic rings. The molecule has 0 aromatic heterocycles. The molecule has 0 aliphatic carbocycles. The first-order valence-corrected chi connectivity index (χ1v) is 7.52. The van der Waals surface area contributed by atoms with Crippen molar-refractivity contribution in [2.75, 3.05) is 14.1 Å². The molecule has 0 aliphatic rings. The van der Waals surface area contributed by atoms with Crippen molar-refractivity contribution in [1.82, 2.24) is 5.06 Å². The highest BCUT2D eigenvalue weighted by Crippen LogP contribution is 2.62. The van der Waals surface area contributed by atoms with Gasteiger partial charge in [0.05, 0.1) is 0 Å². The van der Waals surface area contributed by atoms with E-state index in [4.69, 9.17) is 0 Å². The van der Waals surface area contributed by atoms with Gasteiger partial charge in [0.1, 0.15) is 0 Å². The Balaban J connectivity index is 7.47. The van der Waals surface area contributed by atoms with Crippen molar-refractivity contribution in [3.05, 3.63) is 0 Å². The highest BCUT2D eigenvalue weighted by molar-refractivity contribution is 6.81. The van der Waals surface area contributed by atoms with Gasteiger partial charge in [0.2, 0.25) is 0 Å². The highest BCUT2D eigenvalue weighted by atomic mass is 28.4. The number of rotatable bonds is 5. The lowest BCUT2D eigenvalue weighted by Gasteiger charge is -2.46. The summed E-state index contributed by atoms with van der Waals surface area (Å²) >= 11 is 0. The largest absolute Gasteiger partial charge is 0.480 e. The van der Waals surface area contributed by atoms with Crippen molar-refractivity contribution in [2.45, 2.75) is 35.2 Å². The first kappa shape index (κ1) is 25.1. The zero-order chi connectivity index (χ0) is 21.8. The second kappa shape index (κ2) is 6.32. The van der Waals surface area contributed by atoms with Gasteiger partial charge in [-0.1, -0.05) is 0 Å². The Morgan fingerprint density at radius 3 is 0.808 bits per heavy atom. The summed E-state index contributed by atoms with van der Waals surface area (Å²) in [5.41, 5.74) is -23.7. The van der Waals surface area contributed by atoms with E-state index in [1.54, 1.807) is 0 Å². The fraction of sp³-hybridized carbons (Fsp3) is 1.00. The van der Waals surface area contributed by atoms with Crippen molar-refractivity contribution in [2.24, 2.45) is 0 Å². The molecule has 18 heteroatoms. The normalized spacial score (nSPS) is 16.4. The van der Waals surface area contributed by atoms with Gasteiger partial charge < -0.3 is 4.53 Å². The van der Waals surface area contributed by atoms with Crippen LogP contribution in [0.25, 0.3) is 0 Å². The summed E-state index contributed by atoms with van der Waals surface area (Å²) in [6.45, 7) is 0. The lowest BCUT2D eigenvalue weighted by atomic mass is 10.6. The molecule has 0 amide bonds. The Morgan fingerprint density at radius 2 is 0.692 bits per heavy atom. The summed E-state index contributed by atoms with van der Waals surface area (Å²) in [6, 6.07) is 0. The zero-order valence-electron chi connectivity index (χ0n) is 12.0. The molecule has 0 saturated carbocycles. The van der Waals surface area contributed by atoms with E-state index >= 15 is 0 Å². The quantitative estimate of drug-likeness (QED) is 0.348. The van der Waals surface area contributed by atoms with Crippen LogP contribution in [0.4, 0.5) is 65.9 Å². The van der Waals surface area contributed by atoms with E-state index in [0.717, 1.165) is 0 Å². The molecule has 0 bridgehead atoms. The predicted octanol–water partition coefficient (Wildman–Crippen LogP) is 4.64. The van der Waals surface area contributed by atoms with Crippen LogP contribution in [-0.2, 0) is 4.53 Å². The lowest BCUT2D eigenvalue weighted by molar-refractivity contribution is -0.326. The highest BCUT2D eigenvalue weighted by Gasteiger charge is 3.01. The number of alkyl halides is 15. The topological polar surface area (TPSA) is 12.5 Å². The molecule has 0 aliphatic heterocycles. The van der Waals surface area contributed by atoms with Crippen LogP contribution in [0.1, 0.15) is 0 Å². The van der Waals surface area contributed by atoms with Crippen molar-refractivity contribution < 1.29 is 70.4 Å². The Morgan fingerprint density at radius 1 is 0.500 bits per heavy atom. The Kier molecular flexibility index (Phi) is 6.09. The van der Waals surface area contributed by atoms with E-state index < -0.39 is 48.5 Å². The molecule has 26 heavy (non-hydrogen) atoms. The van der Waals surface area contributed by atoms with E-state index in [2.05, 4.69) is 4.53 Å². The first-order valence-electron chi connectivity index (χ1n) is 5.62. The molecule has 0 fully saturated rings. The van der Waals surface area contributed by atoms with Gasteiger partial charge in [0.15, 0.2) is 0 Å². The number of halogens is 15. The second-order valence-corrected chi connectivity index (χ2v) is 8.23. The predicted molar refractivity (Wildman–Crippen MR) is 53.5 cm³/mol. The van der Waals surface area contributed by atoms with Crippen molar-refractivity contribution in [1.29, 1.82) is 0 Å². The second-order valence-electron chi connectivity index (χ2n) is 4.80. The fourth-order valence-electron chi connectivity index (χ4n) is 1.64. The summed E-state index contributed by atoms with van der Waals surface area (Å²) < 4.78 is 195. The van der Waals surface area contributed by atoms with Crippen LogP contribution in [0.2, 0.25) is 0 Å². The first-order chi connectivity index (χ1) is 10.9. The lowest BCUT2D eigenvalue weighted by Crippen LogP contribution is -2.86. The molecule has 0 atom stereocenters. The maximum absolute atomic E-state index is 13.5. The van der Waals surface area contributed by atoms with Gasteiger partial charge in [-0.2, -0.15) is 65.9 Å². The minimum atomic E-state index is -9.90. The van der Waals surface area contributed by atoms with Crippen LogP contribution in [0, 0.1) is 0 Å². The number of nitrogens with zero attached hydrogens (tertiary/aromatic N) is 1. The van der Waals surface area contributed by atoms with Gasteiger partial charge in [0, 0.05) is 14.1 Å². The van der Waals surface area contributed by atoms with Crippen molar-refractivity contribution in [3.63, 3.8) is 0 Å². The van der Waals surface area contributed by atoms with Crippen molar-refractivity contribution >= 4 is 8.32 Å². The van der Waals surface area contributed by atoms with Gasteiger partial charge in [0.25, 0.3) is 0 Å². The Bertz CT molecular complexity index is 439. The summed E-state index contributed by atoms with van der Waals surface area (Å²) in [6.07, 6.45) is -23.0. The fourth-order valence-corrected chi connectivity index (χ4v) is 4.91. The Hall–Kier alpha value is -0.913. The number of hydroxylamine groups is 2. The summed E-state index contributed by atoms with van der Waals surface area (Å²) in [5.74, 6) is 0. The molecule has 2 nitrogen and oxygen atoms in total. The van der Waals surface area contributed by atoms with E-state index in [1.807, 2.05) is 0 Å².